The smallest absolute Gasteiger partial charge is 0.340 e. The van der Waals surface area contributed by atoms with Gasteiger partial charge in [-0.1, -0.05) is 36.0 Å². The van der Waals surface area contributed by atoms with E-state index in [1.54, 1.807) is 13.2 Å². The minimum atomic E-state index is -0.407. The second-order valence-electron chi connectivity index (χ2n) is 7.68. The molecular formula is C24H24O5. The number of ether oxygens (including phenoxy) is 2. The standard InChI is InChI=1S/C24H24O5/c1-14-4-6-16(7-5-14)13-28-23-12-21-19(11-22(23)27-3)18-9-8-17(15(2)25)10-20(18)24(26)29-21/h4-6,8-9,11-12,16-17H,7,10,13H2,1-3H3. The van der Waals surface area contributed by atoms with Crippen LogP contribution in [0.25, 0.3) is 17.0 Å². The largest absolute Gasteiger partial charge is 0.493 e. The number of hydrogen-bond donors (Lipinski definition) is 0. The van der Waals surface area contributed by atoms with Crippen molar-refractivity contribution < 1.29 is 18.7 Å². The van der Waals surface area contributed by atoms with Crippen LogP contribution in [0.2, 0.25) is 0 Å². The Hall–Kier alpha value is -3.08. The van der Waals surface area contributed by atoms with E-state index < -0.39 is 5.63 Å². The van der Waals surface area contributed by atoms with E-state index in [0.717, 1.165) is 17.4 Å². The lowest BCUT2D eigenvalue weighted by Gasteiger charge is -2.19. The van der Waals surface area contributed by atoms with Crippen LogP contribution in [0.1, 0.15) is 31.4 Å². The molecule has 150 valence electrons. The van der Waals surface area contributed by atoms with Crippen molar-refractivity contribution in [3.8, 4) is 11.5 Å². The van der Waals surface area contributed by atoms with Crippen molar-refractivity contribution in [2.45, 2.75) is 26.7 Å². The number of benzene rings is 1. The monoisotopic (exact) mass is 392 g/mol. The highest BCUT2D eigenvalue weighted by Gasteiger charge is 2.24. The number of hydrogen-bond acceptors (Lipinski definition) is 5. The molecule has 0 saturated heterocycles. The molecule has 0 aliphatic heterocycles. The summed E-state index contributed by atoms with van der Waals surface area (Å²) >= 11 is 0. The summed E-state index contributed by atoms with van der Waals surface area (Å²) in [4.78, 5) is 24.3. The number of Topliss-reactive ketones (excluding diaryl/α,β-unsaturated/α-hetero) is 1. The third-order valence-corrected chi connectivity index (χ3v) is 5.60. The van der Waals surface area contributed by atoms with Gasteiger partial charge in [0.25, 0.3) is 0 Å². The first kappa shape index (κ1) is 19.2. The number of carbonyl (C=O) groups is 1. The van der Waals surface area contributed by atoms with Gasteiger partial charge in [0.1, 0.15) is 11.4 Å². The minimum Gasteiger partial charge on any atom is -0.493 e. The third-order valence-electron chi connectivity index (χ3n) is 5.60. The summed E-state index contributed by atoms with van der Waals surface area (Å²) in [7, 11) is 1.59. The lowest BCUT2D eigenvalue weighted by atomic mass is 9.87. The fourth-order valence-electron chi connectivity index (χ4n) is 3.80. The molecule has 0 fully saturated rings. The summed E-state index contributed by atoms with van der Waals surface area (Å²) in [5.74, 6) is 1.18. The molecule has 5 nitrogen and oxygen atoms in total. The van der Waals surface area contributed by atoms with Crippen molar-refractivity contribution in [3.63, 3.8) is 0 Å². The molecule has 2 aliphatic rings. The second kappa shape index (κ2) is 7.74. The maximum atomic E-state index is 12.5. The molecule has 1 aromatic heterocycles. The zero-order valence-corrected chi connectivity index (χ0v) is 16.9. The molecule has 5 heteroatoms. The zero-order chi connectivity index (χ0) is 20.5. The highest BCUT2D eigenvalue weighted by Crippen LogP contribution is 2.36. The molecule has 0 N–H and O–H groups in total. The first-order valence-corrected chi connectivity index (χ1v) is 9.80. The number of allylic oxidation sites excluding steroid dienone is 4. The Bertz CT molecular complexity index is 1120. The zero-order valence-electron chi connectivity index (χ0n) is 16.9. The van der Waals surface area contributed by atoms with Gasteiger partial charge in [-0.25, -0.2) is 4.79 Å². The molecule has 2 aliphatic carbocycles. The average molecular weight is 392 g/mol. The van der Waals surface area contributed by atoms with Crippen molar-refractivity contribution in [2.24, 2.45) is 11.8 Å². The van der Waals surface area contributed by atoms with Gasteiger partial charge in [0, 0.05) is 28.9 Å². The summed E-state index contributed by atoms with van der Waals surface area (Å²) in [5, 5.41) is 0.776. The fourth-order valence-corrected chi connectivity index (χ4v) is 3.80. The van der Waals surface area contributed by atoms with Crippen LogP contribution in [0.15, 0.2) is 51.2 Å². The van der Waals surface area contributed by atoms with Gasteiger partial charge in [0.05, 0.1) is 13.7 Å². The van der Waals surface area contributed by atoms with Crippen LogP contribution in [-0.4, -0.2) is 19.5 Å². The molecule has 0 saturated carbocycles. The summed E-state index contributed by atoms with van der Waals surface area (Å²) < 4.78 is 17.1. The van der Waals surface area contributed by atoms with E-state index >= 15 is 0 Å². The SMILES string of the molecule is COc1cc2c3c(c(=O)oc2cc1OCC1C=CC(C)=CC1)CC(C(C)=O)C=C3. The maximum absolute atomic E-state index is 12.5. The van der Waals surface area contributed by atoms with Crippen LogP contribution >= 0.6 is 0 Å². The number of methoxy groups -OCH3 is 1. The number of carbonyl (C=O) groups excluding carboxylic acids is 1. The van der Waals surface area contributed by atoms with Gasteiger partial charge in [-0.2, -0.15) is 0 Å². The Kier molecular flexibility index (Phi) is 5.14. The molecule has 2 unspecified atom stereocenters. The molecule has 0 bridgehead atoms. The Morgan fingerprint density at radius 1 is 1.21 bits per heavy atom. The van der Waals surface area contributed by atoms with Gasteiger partial charge in [-0.15, -0.1) is 0 Å². The van der Waals surface area contributed by atoms with Gasteiger partial charge >= 0.3 is 5.63 Å². The summed E-state index contributed by atoms with van der Waals surface area (Å²) in [6.07, 6.45) is 11.4. The topological polar surface area (TPSA) is 65.7 Å². The van der Waals surface area contributed by atoms with Crippen LogP contribution in [-0.2, 0) is 11.2 Å². The van der Waals surface area contributed by atoms with Crippen molar-refractivity contribution in [1.82, 2.24) is 0 Å². The Balaban J connectivity index is 1.68. The number of rotatable bonds is 5. The Morgan fingerprint density at radius 3 is 2.72 bits per heavy atom. The van der Waals surface area contributed by atoms with Crippen LogP contribution in [0.3, 0.4) is 0 Å². The summed E-state index contributed by atoms with van der Waals surface area (Å²) in [6, 6.07) is 3.56. The van der Waals surface area contributed by atoms with E-state index in [1.807, 2.05) is 18.2 Å². The van der Waals surface area contributed by atoms with E-state index in [9.17, 15) is 9.59 Å². The molecule has 2 aromatic rings. The number of ketones is 1. The Morgan fingerprint density at radius 2 is 2.03 bits per heavy atom. The quantitative estimate of drug-likeness (QED) is 0.702. The van der Waals surface area contributed by atoms with Crippen molar-refractivity contribution in [3.05, 3.63) is 63.6 Å². The first-order valence-electron chi connectivity index (χ1n) is 9.80. The predicted molar refractivity (Wildman–Crippen MR) is 112 cm³/mol. The summed E-state index contributed by atoms with van der Waals surface area (Å²) in [6.45, 7) is 4.13. The first-order chi connectivity index (χ1) is 14.0. The molecule has 0 spiro atoms. The van der Waals surface area contributed by atoms with Gasteiger partial charge in [-0.3, -0.25) is 4.79 Å². The normalized spacial score (nSPS) is 20.3. The highest BCUT2D eigenvalue weighted by atomic mass is 16.5. The van der Waals surface area contributed by atoms with Crippen molar-refractivity contribution >= 4 is 22.8 Å². The van der Waals surface area contributed by atoms with Crippen LogP contribution < -0.4 is 15.1 Å². The molecule has 1 heterocycles. The Labute approximate surface area is 169 Å². The third kappa shape index (κ3) is 3.77. The van der Waals surface area contributed by atoms with E-state index in [0.29, 0.717) is 41.6 Å². The lowest BCUT2D eigenvalue weighted by molar-refractivity contribution is -0.119. The van der Waals surface area contributed by atoms with Crippen molar-refractivity contribution in [1.29, 1.82) is 0 Å². The van der Waals surface area contributed by atoms with Gasteiger partial charge in [0.15, 0.2) is 11.5 Å². The van der Waals surface area contributed by atoms with Gasteiger partial charge in [-0.05, 0) is 38.3 Å². The minimum absolute atomic E-state index is 0.0366. The van der Waals surface area contributed by atoms with Crippen LogP contribution in [0.5, 0.6) is 11.5 Å². The molecule has 2 atom stereocenters. The molecule has 1 aromatic carbocycles. The van der Waals surface area contributed by atoms with Gasteiger partial charge < -0.3 is 13.9 Å². The predicted octanol–water partition coefficient (Wildman–Crippen LogP) is 4.48. The fraction of sp³-hybridized carbons (Fsp3) is 0.333. The maximum Gasteiger partial charge on any atom is 0.340 e. The number of fused-ring (bicyclic) bond motifs is 3. The molecule has 0 amide bonds. The van der Waals surface area contributed by atoms with Gasteiger partial charge in [0.2, 0.25) is 0 Å². The molecule has 29 heavy (non-hydrogen) atoms. The second-order valence-corrected chi connectivity index (χ2v) is 7.68. The molecule has 0 radical (unpaired) electrons. The van der Waals surface area contributed by atoms with E-state index in [-0.39, 0.29) is 11.7 Å². The highest BCUT2D eigenvalue weighted by molar-refractivity contribution is 5.92. The van der Waals surface area contributed by atoms with E-state index in [2.05, 4.69) is 25.2 Å². The molecule has 4 rings (SSSR count). The lowest BCUT2D eigenvalue weighted by Crippen LogP contribution is -2.21. The average Bonchev–Trinajstić information content (AvgIpc) is 2.72. The molecular weight excluding hydrogens is 368 g/mol. The summed E-state index contributed by atoms with van der Waals surface area (Å²) in [5.41, 5.74) is 2.62. The van der Waals surface area contributed by atoms with Crippen molar-refractivity contribution in [2.75, 3.05) is 13.7 Å². The van der Waals surface area contributed by atoms with Crippen LogP contribution in [0, 0.1) is 11.8 Å². The van der Waals surface area contributed by atoms with E-state index in [1.165, 1.54) is 12.5 Å². The van der Waals surface area contributed by atoms with Crippen LogP contribution in [0.4, 0.5) is 0 Å². The van der Waals surface area contributed by atoms with E-state index in [4.69, 9.17) is 13.9 Å².